The highest BCUT2D eigenvalue weighted by atomic mass is 79.9. The topological polar surface area (TPSA) is 92.2 Å². The average molecular weight is 389 g/mol. The van der Waals surface area contributed by atoms with Crippen LogP contribution in [0.25, 0.3) is 11.1 Å². The summed E-state index contributed by atoms with van der Waals surface area (Å²) in [6, 6.07) is 11.8. The number of aromatic amines is 1. The van der Waals surface area contributed by atoms with E-state index in [1.165, 1.54) is 0 Å². The zero-order valence-corrected chi connectivity index (χ0v) is 14.1. The van der Waals surface area contributed by atoms with Gasteiger partial charge in [0.1, 0.15) is 0 Å². The van der Waals surface area contributed by atoms with Gasteiger partial charge in [0, 0.05) is 28.6 Å². The highest BCUT2D eigenvalue weighted by Crippen LogP contribution is 2.17. The van der Waals surface area contributed by atoms with Gasteiger partial charge in [-0.2, -0.15) is 0 Å². The Morgan fingerprint density at radius 3 is 2.58 bits per heavy atom. The number of carbonyl (C=O) groups is 2. The van der Waals surface area contributed by atoms with Crippen molar-refractivity contribution in [3.05, 3.63) is 63.1 Å². The third-order valence-corrected chi connectivity index (χ3v) is 3.98. The van der Waals surface area contributed by atoms with Crippen LogP contribution in [0.2, 0.25) is 0 Å². The number of benzene rings is 2. The Kier molecular flexibility index (Phi) is 4.61. The number of halogens is 1. The van der Waals surface area contributed by atoms with E-state index in [1.54, 1.807) is 42.5 Å². The lowest BCUT2D eigenvalue weighted by Gasteiger charge is -2.05. The summed E-state index contributed by atoms with van der Waals surface area (Å²) in [5.41, 5.74) is 2.02. The smallest absolute Gasteiger partial charge is 0.408 e. The molecule has 0 spiro atoms. The van der Waals surface area contributed by atoms with E-state index >= 15 is 0 Å². The highest BCUT2D eigenvalue weighted by molar-refractivity contribution is 9.10. The number of anilines is 1. The van der Waals surface area contributed by atoms with Crippen LogP contribution in [0.15, 0.2) is 56.1 Å². The number of nitrogens with one attached hydrogen (secondary N) is 2. The summed E-state index contributed by atoms with van der Waals surface area (Å²) in [4.78, 5) is 37.6. The van der Waals surface area contributed by atoms with E-state index in [4.69, 9.17) is 4.42 Å². The molecule has 0 radical (unpaired) electrons. The molecule has 7 heteroatoms. The molecule has 0 fully saturated rings. The van der Waals surface area contributed by atoms with Crippen molar-refractivity contribution in [2.24, 2.45) is 0 Å². The first kappa shape index (κ1) is 16.2. The summed E-state index contributed by atoms with van der Waals surface area (Å²) in [6.07, 6.45) is 0.201. The van der Waals surface area contributed by atoms with Gasteiger partial charge in [0.15, 0.2) is 11.4 Å². The SMILES string of the molecule is O=C(CCC(=O)c1ccc(Br)cc1)Nc1ccc2oc(=O)[nH]c2c1. The summed E-state index contributed by atoms with van der Waals surface area (Å²) in [7, 11) is 0. The molecule has 6 nitrogen and oxygen atoms in total. The van der Waals surface area contributed by atoms with Crippen LogP contribution in [0.1, 0.15) is 23.2 Å². The van der Waals surface area contributed by atoms with Crippen molar-refractivity contribution in [2.45, 2.75) is 12.8 Å². The Balaban J connectivity index is 1.59. The van der Waals surface area contributed by atoms with Gasteiger partial charge >= 0.3 is 5.76 Å². The Morgan fingerprint density at radius 1 is 1.08 bits per heavy atom. The van der Waals surface area contributed by atoms with Gasteiger partial charge in [0.05, 0.1) is 5.52 Å². The second-order valence-electron chi connectivity index (χ2n) is 5.20. The molecule has 0 atom stereocenters. The zero-order chi connectivity index (χ0) is 17.1. The van der Waals surface area contributed by atoms with Gasteiger partial charge in [-0.3, -0.25) is 14.6 Å². The minimum absolute atomic E-state index is 0.0782. The fraction of sp³-hybridized carbons (Fsp3) is 0.118. The zero-order valence-electron chi connectivity index (χ0n) is 12.5. The van der Waals surface area contributed by atoms with Crippen molar-refractivity contribution >= 4 is 44.4 Å². The fourth-order valence-electron chi connectivity index (χ4n) is 2.26. The van der Waals surface area contributed by atoms with Gasteiger partial charge in [-0.25, -0.2) is 4.79 Å². The number of oxazole rings is 1. The van der Waals surface area contributed by atoms with E-state index in [0.717, 1.165) is 4.47 Å². The van der Waals surface area contributed by atoms with Crippen molar-refractivity contribution < 1.29 is 14.0 Å². The van der Waals surface area contributed by atoms with E-state index in [1.807, 2.05) is 0 Å². The van der Waals surface area contributed by atoms with Crippen LogP contribution in [0, 0.1) is 0 Å². The predicted molar refractivity (Wildman–Crippen MR) is 93.2 cm³/mol. The molecule has 0 saturated carbocycles. The first-order valence-electron chi connectivity index (χ1n) is 7.23. The molecule has 3 rings (SSSR count). The number of fused-ring (bicyclic) bond motifs is 1. The monoisotopic (exact) mass is 388 g/mol. The van der Waals surface area contributed by atoms with Crippen molar-refractivity contribution in [1.29, 1.82) is 0 Å². The lowest BCUT2D eigenvalue weighted by atomic mass is 10.1. The number of hydrogen-bond donors (Lipinski definition) is 2. The molecule has 24 heavy (non-hydrogen) atoms. The molecular formula is C17H13BrN2O4. The van der Waals surface area contributed by atoms with Crippen LogP contribution in [0.3, 0.4) is 0 Å². The second-order valence-corrected chi connectivity index (χ2v) is 6.12. The largest absolute Gasteiger partial charge is 0.417 e. The molecule has 0 saturated heterocycles. The van der Waals surface area contributed by atoms with Crippen molar-refractivity contribution in [2.75, 3.05) is 5.32 Å². The average Bonchev–Trinajstić information content (AvgIpc) is 2.92. The molecule has 1 amide bonds. The maximum absolute atomic E-state index is 12.0. The molecule has 2 aromatic carbocycles. The van der Waals surface area contributed by atoms with Crippen LogP contribution >= 0.6 is 15.9 Å². The molecule has 122 valence electrons. The van der Waals surface area contributed by atoms with Crippen LogP contribution in [0.4, 0.5) is 5.69 Å². The minimum atomic E-state index is -0.548. The fourth-order valence-corrected chi connectivity index (χ4v) is 2.52. The number of Topliss-reactive ketones (excluding diaryl/α,β-unsaturated/α-hetero) is 1. The normalized spacial score (nSPS) is 10.7. The van der Waals surface area contributed by atoms with Crippen molar-refractivity contribution in [3.8, 4) is 0 Å². The summed E-state index contributed by atoms with van der Waals surface area (Å²) >= 11 is 3.31. The van der Waals surface area contributed by atoms with Crippen molar-refractivity contribution in [3.63, 3.8) is 0 Å². The lowest BCUT2D eigenvalue weighted by molar-refractivity contribution is -0.116. The van der Waals surface area contributed by atoms with Gasteiger partial charge in [-0.05, 0) is 30.3 Å². The van der Waals surface area contributed by atoms with E-state index in [9.17, 15) is 14.4 Å². The summed E-state index contributed by atoms with van der Waals surface area (Å²) in [5, 5.41) is 2.70. The number of carbonyl (C=O) groups excluding carboxylic acids is 2. The van der Waals surface area contributed by atoms with Crippen molar-refractivity contribution in [1.82, 2.24) is 4.98 Å². The Morgan fingerprint density at radius 2 is 1.83 bits per heavy atom. The molecule has 0 aliphatic carbocycles. The van der Waals surface area contributed by atoms with Gasteiger partial charge in [-0.1, -0.05) is 28.1 Å². The first-order chi connectivity index (χ1) is 11.5. The standard InChI is InChI=1S/C17H13BrN2O4/c18-11-3-1-10(2-4-11)14(21)6-8-16(22)19-12-5-7-15-13(9-12)20-17(23)24-15/h1-5,7,9H,6,8H2,(H,19,22)(H,20,23). The maximum Gasteiger partial charge on any atom is 0.417 e. The Labute approximate surface area is 145 Å². The molecule has 3 aromatic rings. The second kappa shape index (κ2) is 6.84. The molecule has 0 unspecified atom stereocenters. The van der Waals surface area contributed by atoms with Crippen LogP contribution < -0.4 is 11.1 Å². The summed E-state index contributed by atoms with van der Waals surface area (Å²) < 4.78 is 5.79. The predicted octanol–water partition coefficient (Wildman–Crippen LogP) is 3.49. The molecule has 0 bridgehead atoms. The first-order valence-corrected chi connectivity index (χ1v) is 8.02. The van der Waals surface area contributed by atoms with Gasteiger partial charge in [-0.15, -0.1) is 0 Å². The van der Waals surface area contributed by atoms with E-state index in [-0.39, 0.29) is 24.5 Å². The number of hydrogen-bond acceptors (Lipinski definition) is 4. The Hall–Kier alpha value is -2.67. The molecule has 1 heterocycles. The summed E-state index contributed by atoms with van der Waals surface area (Å²) in [6.45, 7) is 0. The number of ketones is 1. The van der Waals surface area contributed by atoms with E-state index in [0.29, 0.717) is 22.4 Å². The van der Waals surface area contributed by atoms with Crippen LogP contribution in [0.5, 0.6) is 0 Å². The van der Waals surface area contributed by atoms with Gasteiger partial charge < -0.3 is 9.73 Å². The van der Waals surface area contributed by atoms with Gasteiger partial charge in [0.25, 0.3) is 0 Å². The molecule has 2 N–H and O–H groups in total. The maximum atomic E-state index is 12.0. The lowest BCUT2D eigenvalue weighted by Crippen LogP contribution is -2.13. The van der Waals surface area contributed by atoms with Crippen LogP contribution in [-0.4, -0.2) is 16.7 Å². The van der Waals surface area contributed by atoms with E-state index in [2.05, 4.69) is 26.2 Å². The third kappa shape index (κ3) is 3.80. The minimum Gasteiger partial charge on any atom is -0.408 e. The molecular weight excluding hydrogens is 376 g/mol. The number of aromatic nitrogens is 1. The Bertz CT molecular complexity index is 957. The van der Waals surface area contributed by atoms with Crippen LogP contribution in [-0.2, 0) is 4.79 Å². The highest BCUT2D eigenvalue weighted by Gasteiger charge is 2.10. The number of H-pyrrole nitrogens is 1. The number of rotatable bonds is 5. The van der Waals surface area contributed by atoms with E-state index < -0.39 is 5.76 Å². The number of amides is 1. The van der Waals surface area contributed by atoms with Gasteiger partial charge in [0.2, 0.25) is 5.91 Å². The third-order valence-electron chi connectivity index (χ3n) is 3.45. The molecule has 1 aromatic heterocycles. The summed E-state index contributed by atoms with van der Waals surface area (Å²) in [5.74, 6) is -0.911. The molecule has 0 aliphatic rings. The molecule has 0 aliphatic heterocycles. The quantitative estimate of drug-likeness (QED) is 0.654.